The highest BCUT2D eigenvalue weighted by atomic mass is 79.9. The van der Waals surface area contributed by atoms with E-state index >= 15 is 0 Å². The van der Waals surface area contributed by atoms with Gasteiger partial charge in [0.2, 0.25) is 5.91 Å². The highest BCUT2D eigenvalue weighted by Crippen LogP contribution is 2.31. The highest BCUT2D eigenvalue weighted by molar-refractivity contribution is 9.10. The van der Waals surface area contributed by atoms with E-state index in [4.69, 9.17) is 17.3 Å². The average molecular weight is 375 g/mol. The smallest absolute Gasteiger partial charge is 0.243 e. The molecule has 0 aliphatic carbocycles. The zero-order valence-corrected chi connectivity index (χ0v) is 14.7. The Morgan fingerprint density at radius 3 is 2.52 bits per heavy atom. The molecule has 21 heavy (non-hydrogen) atoms. The highest BCUT2D eigenvalue weighted by Gasteiger charge is 2.40. The van der Waals surface area contributed by atoms with Crippen molar-refractivity contribution in [3.05, 3.63) is 27.7 Å². The molecule has 0 saturated carbocycles. The SMILES string of the molecule is CC(C)N1CCC(Nc2ccc(Cl)c(Br)c2)(C(N)=O)CC1. The van der Waals surface area contributed by atoms with E-state index in [1.807, 2.05) is 12.1 Å². The van der Waals surface area contributed by atoms with Gasteiger partial charge >= 0.3 is 0 Å². The predicted molar refractivity (Wildman–Crippen MR) is 90.6 cm³/mol. The molecular formula is C15H21BrClN3O. The third-order valence-electron chi connectivity index (χ3n) is 4.16. The molecule has 1 aliphatic heterocycles. The molecule has 1 saturated heterocycles. The molecule has 1 heterocycles. The summed E-state index contributed by atoms with van der Waals surface area (Å²) in [7, 11) is 0. The number of amides is 1. The quantitative estimate of drug-likeness (QED) is 0.850. The van der Waals surface area contributed by atoms with Gasteiger partial charge in [0.1, 0.15) is 5.54 Å². The maximum absolute atomic E-state index is 12.0. The van der Waals surface area contributed by atoms with E-state index in [1.54, 1.807) is 6.07 Å². The Labute approximate surface area is 139 Å². The van der Waals surface area contributed by atoms with Gasteiger partial charge in [-0.15, -0.1) is 0 Å². The monoisotopic (exact) mass is 373 g/mol. The van der Waals surface area contributed by atoms with E-state index in [2.05, 4.69) is 40.0 Å². The molecular weight excluding hydrogens is 354 g/mol. The zero-order valence-electron chi connectivity index (χ0n) is 12.3. The lowest BCUT2D eigenvalue weighted by molar-refractivity contribution is -0.124. The summed E-state index contributed by atoms with van der Waals surface area (Å²) in [5.74, 6) is -0.294. The summed E-state index contributed by atoms with van der Waals surface area (Å²) in [6.45, 7) is 6.06. The van der Waals surface area contributed by atoms with Gasteiger partial charge in [-0.25, -0.2) is 0 Å². The van der Waals surface area contributed by atoms with Crippen molar-refractivity contribution in [2.24, 2.45) is 5.73 Å². The molecule has 6 heteroatoms. The molecule has 0 unspecified atom stereocenters. The van der Waals surface area contributed by atoms with Crippen LogP contribution in [0.2, 0.25) is 5.02 Å². The van der Waals surface area contributed by atoms with Crippen molar-refractivity contribution in [3.8, 4) is 0 Å². The summed E-state index contributed by atoms with van der Waals surface area (Å²) in [5, 5.41) is 3.97. The van der Waals surface area contributed by atoms with Crippen molar-refractivity contribution < 1.29 is 4.79 Å². The molecule has 0 aromatic heterocycles. The van der Waals surface area contributed by atoms with Crippen molar-refractivity contribution in [1.82, 2.24) is 4.90 Å². The number of benzene rings is 1. The van der Waals surface area contributed by atoms with Crippen LogP contribution in [-0.2, 0) is 4.79 Å². The molecule has 1 amide bonds. The Hall–Kier alpha value is -0.780. The van der Waals surface area contributed by atoms with E-state index < -0.39 is 5.54 Å². The fourth-order valence-electron chi connectivity index (χ4n) is 2.71. The van der Waals surface area contributed by atoms with Crippen molar-refractivity contribution in [1.29, 1.82) is 0 Å². The number of anilines is 1. The van der Waals surface area contributed by atoms with Crippen LogP contribution in [-0.4, -0.2) is 35.5 Å². The number of nitrogens with one attached hydrogen (secondary N) is 1. The third-order valence-corrected chi connectivity index (χ3v) is 5.37. The topological polar surface area (TPSA) is 58.4 Å². The van der Waals surface area contributed by atoms with Crippen LogP contribution in [0.25, 0.3) is 0 Å². The lowest BCUT2D eigenvalue weighted by atomic mass is 9.86. The van der Waals surface area contributed by atoms with E-state index in [0.717, 1.165) is 23.2 Å². The maximum Gasteiger partial charge on any atom is 0.243 e. The van der Waals surface area contributed by atoms with Crippen LogP contribution in [0.1, 0.15) is 26.7 Å². The van der Waals surface area contributed by atoms with Crippen LogP contribution < -0.4 is 11.1 Å². The number of carbonyl (C=O) groups excluding carboxylic acids is 1. The summed E-state index contributed by atoms with van der Waals surface area (Å²) in [6.07, 6.45) is 1.42. The van der Waals surface area contributed by atoms with Gasteiger partial charge in [0.05, 0.1) is 5.02 Å². The molecule has 116 valence electrons. The Morgan fingerprint density at radius 2 is 2.05 bits per heavy atom. The number of rotatable bonds is 4. The lowest BCUT2D eigenvalue weighted by Gasteiger charge is -2.42. The van der Waals surface area contributed by atoms with Crippen LogP contribution >= 0.6 is 27.5 Å². The third kappa shape index (κ3) is 3.71. The number of hydrogen-bond acceptors (Lipinski definition) is 3. The van der Waals surface area contributed by atoms with Crippen LogP contribution in [0, 0.1) is 0 Å². The van der Waals surface area contributed by atoms with Crippen LogP contribution in [0.15, 0.2) is 22.7 Å². The second kappa shape index (κ2) is 6.55. The molecule has 1 fully saturated rings. The minimum Gasteiger partial charge on any atom is -0.371 e. The van der Waals surface area contributed by atoms with Gasteiger partial charge in [0.25, 0.3) is 0 Å². The molecule has 0 spiro atoms. The first-order chi connectivity index (χ1) is 9.84. The van der Waals surface area contributed by atoms with Crippen molar-refractivity contribution in [2.75, 3.05) is 18.4 Å². The van der Waals surface area contributed by atoms with Crippen LogP contribution in [0.3, 0.4) is 0 Å². The van der Waals surface area contributed by atoms with Gasteiger partial charge in [-0.3, -0.25) is 4.79 Å². The number of nitrogens with two attached hydrogens (primary N) is 1. The van der Waals surface area contributed by atoms with Crippen molar-refractivity contribution >= 4 is 39.1 Å². The predicted octanol–water partition coefficient (Wildman–Crippen LogP) is 3.24. The number of piperidine rings is 1. The minimum absolute atomic E-state index is 0.294. The van der Waals surface area contributed by atoms with Gasteiger partial charge in [-0.05, 0) is 60.8 Å². The van der Waals surface area contributed by atoms with Crippen LogP contribution in [0.5, 0.6) is 0 Å². The summed E-state index contributed by atoms with van der Waals surface area (Å²) < 4.78 is 0.799. The van der Waals surface area contributed by atoms with Gasteiger partial charge < -0.3 is 16.0 Å². The molecule has 0 atom stereocenters. The maximum atomic E-state index is 12.0. The summed E-state index contributed by atoms with van der Waals surface area (Å²) >= 11 is 9.40. The Kier molecular flexibility index (Phi) is 5.17. The van der Waals surface area contributed by atoms with Gasteiger partial charge in [0, 0.05) is 29.3 Å². The molecule has 3 N–H and O–H groups in total. The molecule has 1 aromatic rings. The lowest BCUT2D eigenvalue weighted by Crippen LogP contribution is -2.57. The summed E-state index contributed by atoms with van der Waals surface area (Å²) in [4.78, 5) is 14.4. The molecule has 0 radical (unpaired) electrons. The Morgan fingerprint density at radius 1 is 1.43 bits per heavy atom. The first-order valence-electron chi connectivity index (χ1n) is 7.11. The van der Waals surface area contributed by atoms with Crippen LogP contribution in [0.4, 0.5) is 5.69 Å². The number of likely N-dealkylation sites (tertiary alicyclic amines) is 1. The number of primary amides is 1. The number of halogens is 2. The van der Waals surface area contributed by atoms with Gasteiger partial charge in [-0.2, -0.15) is 0 Å². The second-order valence-corrected chi connectivity index (χ2v) is 7.09. The Bertz CT molecular complexity index is 528. The normalized spacial score (nSPS) is 18.7. The van der Waals surface area contributed by atoms with E-state index in [0.29, 0.717) is 23.9 Å². The number of hydrogen-bond donors (Lipinski definition) is 2. The molecule has 4 nitrogen and oxygen atoms in total. The average Bonchev–Trinajstić information content (AvgIpc) is 2.43. The summed E-state index contributed by atoms with van der Waals surface area (Å²) in [5.41, 5.74) is 5.85. The summed E-state index contributed by atoms with van der Waals surface area (Å²) in [6, 6.07) is 6.03. The van der Waals surface area contributed by atoms with Crippen molar-refractivity contribution in [3.63, 3.8) is 0 Å². The minimum atomic E-state index is -0.682. The largest absolute Gasteiger partial charge is 0.371 e. The standard InChI is InChI=1S/C15H21BrClN3O/c1-10(2)20-7-5-15(6-8-20,14(18)21)19-11-3-4-13(17)12(16)9-11/h3-4,9-10,19H,5-8H2,1-2H3,(H2,18,21). The Balaban J connectivity index is 2.16. The fourth-order valence-corrected chi connectivity index (χ4v) is 3.20. The molecule has 2 rings (SSSR count). The van der Waals surface area contributed by atoms with Gasteiger partial charge in [0.15, 0.2) is 0 Å². The van der Waals surface area contributed by atoms with E-state index in [1.165, 1.54) is 0 Å². The second-order valence-electron chi connectivity index (χ2n) is 5.83. The molecule has 1 aliphatic rings. The molecule has 0 bridgehead atoms. The fraction of sp³-hybridized carbons (Fsp3) is 0.533. The molecule has 1 aromatic carbocycles. The number of nitrogens with zero attached hydrogens (tertiary/aromatic N) is 1. The van der Waals surface area contributed by atoms with Gasteiger partial charge in [-0.1, -0.05) is 11.6 Å². The number of carbonyl (C=O) groups is 1. The zero-order chi connectivity index (χ0) is 15.6. The van der Waals surface area contributed by atoms with Crippen molar-refractivity contribution in [2.45, 2.75) is 38.3 Å². The first kappa shape index (κ1) is 16.6. The van der Waals surface area contributed by atoms with E-state index in [9.17, 15) is 4.79 Å². The van der Waals surface area contributed by atoms with E-state index in [-0.39, 0.29) is 5.91 Å². The first-order valence-corrected chi connectivity index (χ1v) is 8.28.